The summed E-state index contributed by atoms with van der Waals surface area (Å²) in [6.07, 6.45) is 3.14. The van der Waals surface area contributed by atoms with Crippen molar-refractivity contribution in [1.82, 2.24) is 5.32 Å². The lowest BCUT2D eigenvalue weighted by molar-refractivity contribution is -0.0801. The molecule has 1 aromatic rings. The Morgan fingerprint density at radius 1 is 1.25 bits per heavy atom. The fraction of sp³-hybridized carbons (Fsp3) is 0.538. The van der Waals surface area contributed by atoms with Crippen LogP contribution in [0.5, 0.6) is 0 Å². The molecule has 2 aliphatic rings. The van der Waals surface area contributed by atoms with E-state index in [0.717, 1.165) is 44.4 Å². The van der Waals surface area contributed by atoms with Crippen molar-refractivity contribution in [1.29, 1.82) is 0 Å². The van der Waals surface area contributed by atoms with Gasteiger partial charge in [0.15, 0.2) is 0 Å². The first kappa shape index (κ1) is 10.4. The predicted molar refractivity (Wildman–Crippen MR) is 65.3 cm³/mol. The van der Waals surface area contributed by atoms with E-state index in [1.165, 1.54) is 11.1 Å². The summed E-state index contributed by atoms with van der Waals surface area (Å²) < 4.78 is 6.09. The molecule has 0 saturated carbocycles. The van der Waals surface area contributed by atoms with Gasteiger partial charge in [-0.2, -0.15) is 0 Å². The second-order valence-corrected chi connectivity index (χ2v) is 4.76. The maximum absolute atomic E-state index is 6.09. The first-order valence-electron chi connectivity index (χ1n) is 6.04. The van der Waals surface area contributed by atoms with Gasteiger partial charge in [-0.1, -0.05) is 23.7 Å². The predicted octanol–water partition coefficient (Wildman–Crippen LogP) is 0.632. The normalized spacial score (nSPS) is 23.0. The van der Waals surface area contributed by atoms with E-state index in [1.54, 1.807) is 0 Å². The van der Waals surface area contributed by atoms with Gasteiger partial charge >= 0.3 is 0 Å². The van der Waals surface area contributed by atoms with E-state index in [2.05, 4.69) is 17.4 Å². The van der Waals surface area contributed by atoms with Gasteiger partial charge in [0, 0.05) is 0 Å². The minimum Gasteiger partial charge on any atom is -0.370 e. The van der Waals surface area contributed by atoms with Gasteiger partial charge in [0.2, 0.25) is 0 Å². The second-order valence-electron chi connectivity index (χ2n) is 4.76. The van der Waals surface area contributed by atoms with Crippen LogP contribution in [-0.2, 0) is 16.8 Å². The molecule has 1 fully saturated rings. The Morgan fingerprint density at radius 3 is 2.88 bits per heavy atom. The van der Waals surface area contributed by atoms with Crippen LogP contribution in [0, 0.1) is 0 Å². The zero-order valence-corrected chi connectivity index (χ0v) is 9.46. The highest BCUT2D eigenvalue weighted by Gasteiger charge is 2.38. The van der Waals surface area contributed by atoms with Crippen molar-refractivity contribution in [3.05, 3.63) is 29.3 Å². The van der Waals surface area contributed by atoms with Gasteiger partial charge in [-0.3, -0.25) is 0 Å². The molecule has 2 aliphatic heterocycles. The lowest BCUT2D eigenvalue weighted by Gasteiger charge is -2.42. The number of hydrogen-bond donors (Lipinski definition) is 1. The van der Waals surface area contributed by atoms with E-state index in [9.17, 15) is 0 Å². The van der Waals surface area contributed by atoms with Crippen molar-refractivity contribution in [3.63, 3.8) is 0 Å². The van der Waals surface area contributed by atoms with Gasteiger partial charge in [0.25, 0.3) is 0 Å². The number of fused-ring (bicyclic) bond motifs is 2. The number of hydrogen-bond acceptors (Lipinski definition) is 2. The van der Waals surface area contributed by atoms with Crippen molar-refractivity contribution in [2.75, 3.05) is 19.7 Å². The molecule has 0 atom stereocenters. The third kappa shape index (κ3) is 1.59. The average Bonchev–Trinajstić information content (AvgIpc) is 2.30. The molecule has 1 aromatic carbocycles. The first-order chi connectivity index (χ1) is 7.80. The molecule has 0 aliphatic carbocycles. The van der Waals surface area contributed by atoms with Crippen molar-refractivity contribution in [3.8, 4) is 0 Å². The quantitative estimate of drug-likeness (QED) is 0.638. The summed E-state index contributed by atoms with van der Waals surface area (Å²) in [7, 11) is 5.85. The number of rotatable bonds is 0. The molecule has 3 rings (SSSR count). The van der Waals surface area contributed by atoms with Crippen LogP contribution in [0.3, 0.4) is 0 Å². The van der Waals surface area contributed by atoms with Gasteiger partial charge in [-0.05, 0) is 43.5 Å². The Morgan fingerprint density at radius 2 is 2.06 bits per heavy atom. The van der Waals surface area contributed by atoms with Crippen molar-refractivity contribution < 1.29 is 4.74 Å². The van der Waals surface area contributed by atoms with Crippen molar-refractivity contribution in [2.45, 2.75) is 24.9 Å². The summed E-state index contributed by atoms with van der Waals surface area (Å²) in [6, 6.07) is 6.27. The largest absolute Gasteiger partial charge is 0.370 e. The van der Waals surface area contributed by atoms with Crippen molar-refractivity contribution in [2.24, 2.45) is 0 Å². The standard InChI is InChI=1S/C13H16BNO/c14-11-1-2-12-10(9-11)3-8-16-13(12)4-6-15-7-5-13/h1-2,9,15H,3-8H2. The lowest BCUT2D eigenvalue weighted by Crippen LogP contribution is -2.45. The molecule has 1 spiro atoms. The highest BCUT2D eigenvalue weighted by molar-refractivity contribution is 6.32. The SMILES string of the molecule is [B]c1ccc2c(c1)CCOC21CCNCC1. The smallest absolute Gasteiger partial charge is 0.113 e. The summed E-state index contributed by atoms with van der Waals surface area (Å²) in [5.74, 6) is 0. The maximum Gasteiger partial charge on any atom is 0.113 e. The molecule has 16 heavy (non-hydrogen) atoms. The molecular formula is C13H16BNO. The molecule has 2 heterocycles. The molecule has 82 valence electrons. The Labute approximate surface area is 97.8 Å². The van der Waals surface area contributed by atoms with Crippen LogP contribution in [0.15, 0.2) is 18.2 Å². The zero-order chi connectivity index (χ0) is 11.0. The Bertz CT molecular complexity index is 399. The molecule has 0 amide bonds. The fourth-order valence-electron chi connectivity index (χ4n) is 2.94. The van der Waals surface area contributed by atoms with E-state index >= 15 is 0 Å². The monoisotopic (exact) mass is 213 g/mol. The van der Waals surface area contributed by atoms with Crippen LogP contribution in [0.25, 0.3) is 0 Å². The lowest BCUT2D eigenvalue weighted by atomic mass is 9.78. The molecule has 0 unspecified atom stereocenters. The Kier molecular flexibility index (Phi) is 2.53. The summed E-state index contributed by atoms with van der Waals surface area (Å²) >= 11 is 0. The highest BCUT2D eigenvalue weighted by atomic mass is 16.5. The van der Waals surface area contributed by atoms with E-state index in [-0.39, 0.29) is 5.60 Å². The molecule has 1 saturated heterocycles. The highest BCUT2D eigenvalue weighted by Crippen LogP contribution is 2.39. The summed E-state index contributed by atoms with van der Waals surface area (Å²) in [5, 5.41) is 3.39. The summed E-state index contributed by atoms with van der Waals surface area (Å²) in [4.78, 5) is 0. The first-order valence-corrected chi connectivity index (χ1v) is 6.04. The molecule has 1 N–H and O–H groups in total. The third-order valence-electron chi connectivity index (χ3n) is 3.78. The van der Waals surface area contributed by atoms with Gasteiger partial charge in [-0.25, -0.2) is 0 Å². The van der Waals surface area contributed by atoms with Crippen LogP contribution in [0.1, 0.15) is 24.0 Å². The van der Waals surface area contributed by atoms with Crippen molar-refractivity contribution >= 4 is 13.3 Å². The summed E-state index contributed by atoms with van der Waals surface area (Å²) in [5.41, 5.74) is 3.58. The van der Waals surface area contributed by atoms with Gasteiger partial charge in [0.05, 0.1) is 12.2 Å². The molecule has 0 bridgehead atoms. The Balaban J connectivity index is 2.04. The van der Waals surface area contributed by atoms with E-state index in [0.29, 0.717) is 0 Å². The molecule has 2 nitrogen and oxygen atoms in total. The molecular weight excluding hydrogens is 197 g/mol. The van der Waals surface area contributed by atoms with E-state index < -0.39 is 0 Å². The minimum atomic E-state index is -0.0352. The zero-order valence-electron chi connectivity index (χ0n) is 9.46. The number of nitrogens with one attached hydrogen (secondary N) is 1. The summed E-state index contributed by atoms with van der Waals surface area (Å²) in [6.45, 7) is 2.92. The number of ether oxygens (including phenoxy) is 1. The van der Waals surface area contributed by atoms with Crippen LogP contribution in [0.2, 0.25) is 0 Å². The topological polar surface area (TPSA) is 21.3 Å². The second kappa shape index (κ2) is 3.90. The van der Waals surface area contributed by atoms with E-state index in [1.807, 2.05) is 6.07 Å². The number of benzene rings is 1. The third-order valence-corrected chi connectivity index (χ3v) is 3.78. The van der Waals surface area contributed by atoms with Crippen LogP contribution < -0.4 is 10.8 Å². The molecule has 0 aromatic heterocycles. The van der Waals surface area contributed by atoms with Gasteiger partial charge in [0.1, 0.15) is 7.85 Å². The number of piperidine rings is 1. The maximum atomic E-state index is 6.09. The van der Waals surface area contributed by atoms with Gasteiger partial charge in [-0.15, -0.1) is 0 Å². The van der Waals surface area contributed by atoms with Crippen LogP contribution in [-0.4, -0.2) is 27.5 Å². The van der Waals surface area contributed by atoms with Crippen LogP contribution in [0.4, 0.5) is 0 Å². The average molecular weight is 213 g/mol. The Hall–Kier alpha value is -0.795. The van der Waals surface area contributed by atoms with Crippen LogP contribution >= 0.6 is 0 Å². The molecule has 3 heteroatoms. The fourth-order valence-corrected chi connectivity index (χ4v) is 2.94. The minimum absolute atomic E-state index is 0.0352. The molecule has 2 radical (unpaired) electrons. The van der Waals surface area contributed by atoms with Gasteiger partial charge < -0.3 is 10.1 Å². The van der Waals surface area contributed by atoms with E-state index in [4.69, 9.17) is 12.6 Å².